The van der Waals surface area contributed by atoms with E-state index in [4.69, 9.17) is 0 Å². The van der Waals surface area contributed by atoms with E-state index >= 15 is 0 Å². The number of carbonyl (C=O) groups excluding carboxylic acids is 1. The van der Waals surface area contributed by atoms with Crippen LogP contribution < -0.4 is 10.6 Å². The fourth-order valence-corrected chi connectivity index (χ4v) is 2.10. The zero-order valence-electron chi connectivity index (χ0n) is 10.0. The first-order valence-electron chi connectivity index (χ1n) is 6.24. The number of nitrogens with zero attached hydrogens (tertiary/aromatic N) is 1. The van der Waals surface area contributed by atoms with Gasteiger partial charge in [-0.25, -0.2) is 4.79 Å². The Kier molecular flexibility index (Phi) is 2.84. The third-order valence-corrected chi connectivity index (χ3v) is 3.32. The molecule has 0 bridgehead atoms. The van der Waals surface area contributed by atoms with Crippen molar-refractivity contribution >= 4 is 22.6 Å². The van der Waals surface area contributed by atoms with Crippen molar-refractivity contribution in [1.82, 2.24) is 10.3 Å². The van der Waals surface area contributed by atoms with E-state index in [1.54, 1.807) is 6.20 Å². The van der Waals surface area contributed by atoms with Gasteiger partial charge >= 0.3 is 6.03 Å². The number of nitrogens with one attached hydrogen (secondary N) is 2. The van der Waals surface area contributed by atoms with Crippen LogP contribution in [-0.2, 0) is 0 Å². The van der Waals surface area contributed by atoms with Gasteiger partial charge in [0.15, 0.2) is 0 Å². The quantitative estimate of drug-likeness (QED) is 0.849. The zero-order chi connectivity index (χ0) is 12.4. The lowest BCUT2D eigenvalue weighted by molar-refractivity contribution is 0.240. The van der Waals surface area contributed by atoms with E-state index in [0.29, 0.717) is 6.04 Å². The summed E-state index contributed by atoms with van der Waals surface area (Å²) in [6, 6.07) is 9.85. The molecule has 4 heteroatoms. The molecule has 3 rings (SSSR count). The van der Waals surface area contributed by atoms with Crippen LogP contribution in [0.5, 0.6) is 0 Å². The average molecular weight is 241 g/mol. The summed E-state index contributed by atoms with van der Waals surface area (Å²) in [5.41, 5.74) is 1.58. The summed E-state index contributed by atoms with van der Waals surface area (Å²) in [5, 5.41) is 6.85. The molecule has 1 aromatic carbocycles. The van der Waals surface area contributed by atoms with Crippen LogP contribution in [-0.4, -0.2) is 17.1 Å². The summed E-state index contributed by atoms with van der Waals surface area (Å²) in [6.45, 7) is 0. The molecule has 4 nitrogen and oxygen atoms in total. The average Bonchev–Trinajstić information content (AvgIpc) is 2.34. The van der Waals surface area contributed by atoms with Crippen molar-refractivity contribution in [3.05, 3.63) is 36.5 Å². The topological polar surface area (TPSA) is 54.0 Å². The van der Waals surface area contributed by atoms with Crippen molar-refractivity contribution < 1.29 is 4.79 Å². The van der Waals surface area contributed by atoms with Crippen LogP contribution >= 0.6 is 0 Å². The normalized spacial score (nSPS) is 15.1. The largest absolute Gasteiger partial charge is 0.335 e. The standard InChI is InChI=1S/C14H15N3O/c18-14(16-11-6-2-7-11)17-12-8-1-4-10-5-3-9-15-13(10)12/h1,3-5,8-9,11H,2,6-7H2,(H2,16,17,18). The van der Waals surface area contributed by atoms with Crippen LogP contribution in [0.2, 0.25) is 0 Å². The van der Waals surface area contributed by atoms with Crippen LogP contribution in [0.25, 0.3) is 10.9 Å². The van der Waals surface area contributed by atoms with Gasteiger partial charge in [0, 0.05) is 17.6 Å². The SMILES string of the molecule is O=C(Nc1cccc2cccnc12)NC1CCC1. The molecule has 92 valence electrons. The fraction of sp³-hybridized carbons (Fsp3) is 0.286. The minimum Gasteiger partial charge on any atom is -0.335 e. The maximum Gasteiger partial charge on any atom is 0.319 e. The summed E-state index contributed by atoms with van der Waals surface area (Å²) in [4.78, 5) is 16.1. The Balaban J connectivity index is 1.79. The molecule has 1 saturated carbocycles. The summed E-state index contributed by atoms with van der Waals surface area (Å²) in [5.74, 6) is 0. The summed E-state index contributed by atoms with van der Waals surface area (Å²) in [7, 11) is 0. The van der Waals surface area contributed by atoms with Crippen LogP contribution in [0, 0.1) is 0 Å². The van der Waals surface area contributed by atoms with E-state index < -0.39 is 0 Å². The Morgan fingerprint density at radius 1 is 1.22 bits per heavy atom. The van der Waals surface area contributed by atoms with E-state index in [9.17, 15) is 4.79 Å². The second kappa shape index (κ2) is 4.64. The highest BCUT2D eigenvalue weighted by Crippen LogP contribution is 2.21. The monoisotopic (exact) mass is 241 g/mol. The smallest absolute Gasteiger partial charge is 0.319 e. The van der Waals surface area contributed by atoms with Crippen molar-refractivity contribution in [1.29, 1.82) is 0 Å². The first kappa shape index (κ1) is 11.0. The number of hydrogen-bond acceptors (Lipinski definition) is 2. The third kappa shape index (κ3) is 2.14. The van der Waals surface area contributed by atoms with Gasteiger partial charge in [-0.3, -0.25) is 4.98 Å². The molecule has 1 aliphatic carbocycles. The number of anilines is 1. The number of carbonyl (C=O) groups is 1. The predicted octanol–water partition coefficient (Wildman–Crippen LogP) is 2.91. The van der Waals surface area contributed by atoms with E-state index in [-0.39, 0.29) is 6.03 Å². The molecule has 0 spiro atoms. The minimum atomic E-state index is -0.141. The molecule has 2 amide bonds. The Hall–Kier alpha value is -2.10. The van der Waals surface area contributed by atoms with Gasteiger partial charge in [-0.05, 0) is 31.4 Å². The molecule has 0 saturated heterocycles. The number of pyridine rings is 1. The molecule has 2 aromatic rings. The third-order valence-electron chi connectivity index (χ3n) is 3.32. The molecule has 1 aromatic heterocycles. The van der Waals surface area contributed by atoms with Crippen molar-refractivity contribution in [2.24, 2.45) is 0 Å². The van der Waals surface area contributed by atoms with Gasteiger partial charge in [0.25, 0.3) is 0 Å². The maximum absolute atomic E-state index is 11.8. The van der Waals surface area contributed by atoms with Crippen molar-refractivity contribution in [2.75, 3.05) is 5.32 Å². The highest BCUT2D eigenvalue weighted by Gasteiger charge is 2.19. The first-order valence-corrected chi connectivity index (χ1v) is 6.24. The number of hydrogen-bond donors (Lipinski definition) is 2. The van der Waals surface area contributed by atoms with Gasteiger partial charge < -0.3 is 10.6 Å². The second-order valence-electron chi connectivity index (χ2n) is 4.61. The fourth-order valence-electron chi connectivity index (χ4n) is 2.10. The number of amides is 2. The number of fused-ring (bicyclic) bond motifs is 1. The molecule has 0 atom stereocenters. The van der Waals surface area contributed by atoms with Crippen molar-refractivity contribution in [3.8, 4) is 0 Å². The van der Waals surface area contributed by atoms with E-state index in [0.717, 1.165) is 29.4 Å². The molecule has 18 heavy (non-hydrogen) atoms. The highest BCUT2D eigenvalue weighted by molar-refractivity contribution is 5.99. The lowest BCUT2D eigenvalue weighted by atomic mass is 9.93. The summed E-state index contributed by atoms with van der Waals surface area (Å²) >= 11 is 0. The van der Waals surface area contributed by atoms with Crippen LogP contribution in [0.3, 0.4) is 0 Å². The van der Waals surface area contributed by atoms with Gasteiger partial charge in [0.05, 0.1) is 11.2 Å². The van der Waals surface area contributed by atoms with Gasteiger partial charge in [0.2, 0.25) is 0 Å². The van der Waals surface area contributed by atoms with Crippen molar-refractivity contribution in [2.45, 2.75) is 25.3 Å². The Morgan fingerprint density at radius 2 is 2.06 bits per heavy atom. The van der Waals surface area contributed by atoms with Gasteiger partial charge in [0.1, 0.15) is 0 Å². The van der Waals surface area contributed by atoms with Crippen LogP contribution in [0.15, 0.2) is 36.5 Å². The molecule has 1 aliphatic rings. The number of benzene rings is 1. The molecule has 0 aliphatic heterocycles. The number of aromatic nitrogens is 1. The second-order valence-corrected chi connectivity index (χ2v) is 4.61. The predicted molar refractivity (Wildman–Crippen MR) is 71.5 cm³/mol. The lowest BCUT2D eigenvalue weighted by Crippen LogP contribution is -2.41. The van der Waals surface area contributed by atoms with E-state index in [1.165, 1.54) is 6.42 Å². The minimum absolute atomic E-state index is 0.141. The Labute approximate surface area is 105 Å². The molecule has 1 fully saturated rings. The molecule has 0 radical (unpaired) electrons. The Morgan fingerprint density at radius 3 is 2.83 bits per heavy atom. The van der Waals surface area contributed by atoms with Gasteiger partial charge in [-0.15, -0.1) is 0 Å². The molecule has 1 heterocycles. The van der Waals surface area contributed by atoms with Gasteiger partial charge in [-0.2, -0.15) is 0 Å². The van der Waals surface area contributed by atoms with Gasteiger partial charge in [-0.1, -0.05) is 18.2 Å². The number of para-hydroxylation sites is 1. The maximum atomic E-state index is 11.8. The number of urea groups is 1. The Bertz CT molecular complexity index is 573. The van der Waals surface area contributed by atoms with Crippen LogP contribution in [0.4, 0.5) is 10.5 Å². The highest BCUT2D eigenvalue weighted by atomic mass is 16.2. The van der Waals surface area contributed by atoms with Crippen LogP contribution in [0.1, 0.15) is 19.3 Å². The number of rotatable bonds is 2. The zero-order valence-corrected chi connectivity index (χ0v) is 10.0. The summed E-state index contributed by atoms with van der Waals surface area (Å²) in [6.07, 6.45) is 5.11. The van der Waals surface area contributed by atoms with E-state index in [2.05, 4.69) is 15.6 Å². The summed E-state index contributed by atoms with van der Waals surface area (Å²) < 4.78 is 0. The molecule has 2 N–H and O–H groups in total. The lowest BCUT2D eigenvalue weighted by Gasteiger charge is -2.26. The molecular formula is C14H15N3O. The first-order chi connectivity index (χ1) is 8.83. The van der Waals surface area contributed by atoms with Crippen molar-refractivity contribution in [3.63, 3.8) is 0 Å². The van der Waals surface area contributed by atoms with E-state index in [1.807, 2.05) is 30.3 Å². The molecular weight excluding hydrogens is 226 g/mol. The molecule has 0 unspecified atom stereocenters.